The van der Waals surface area contributed by atoms with E-state index >= 15 is 0 Å². The van der Waals surface area contributed by atoms with Gasteiger partial charge in [-0.15, -0.1) is 0 Å². The molecular weight excluding hydrogens is 252 g/mol. The number of rotatable bonds is 4. The molecule has 0 fully saturated rings. The van der Waals surface area contributed by atoms with E-state index in [1.54, 1.807) is 25.3 Å². The Morgan fingerprint density at radius 1 is 1.44 bits per heavy atom. The quantitative estimate of drug-likeness (QED) is 0.913. The monoisotopic (exact) mass is 268 g/mol. The Hall–Kier alpha value is -1.03. The molecule has 98 valence electrons. The molecule has 3 nitrogen and oxygen atoms in total. The highest BCUT2D eigenvalue weighted by atomic mass is 35.5. The molecule has 2 aromatic rings. The van der Waals surface area contributed by atoms with Crippen molar-refractivity contribution in [1.29, 1.82) is 0 Å². The second-order valence-electron chi connectivity index (χ2n) is 4.60. The van der Waals surface area contributed by atoms with Crippen molar-refractivity contribution in [3.05, 3.63) is 35.0 Å². The van der Waals surface area contributed by atoms with Crippen LogP contribution in [0.1, 0.15) is 32.1 Å². The molecule has 2 unspecified atom stereocenters. The highest BCUT2D eigenvalue weighted by Gasteiger charge is 2.34. The van der Waals surface area contributed by atoms with Crippen molar-refractivity contribution in [2.75, 3.05) is 7.11 Å². The fraction of sp³-hybridized carbons (Fsp3) is 0.429. The third-order valence-corrected chi connectivity index (χ3v) is 3.75. The SMILES string of the molecule is CCC(C)(OC)C(O)c1cc2cc(Cl)ccc2o1. The molecule has 0 bridgehead atoms. The summed E-state index contributed by atoms with van der Waals surface area (Å²) in [5.41, 5.74) is 0.0560. The zero-order valence-corrected chi connectivity index (χ0v) is 11.5. The summed E-state index contributed by atoms with van der Waals surface area (Å²) in [7, 11) is 1.59. The molecule has 1 aromatic heterocycles. The largest absolute Gasteiger partial charge is 0.458 e. The minimum absolute atomic E-state index is 0.499. The van der Waals surface area contributed by atoms with Gasteiger partial charge in [0.05, 0.1) is 5.60 Å². The van der Waals surface area contributed by atoms with Crippen molar-refractivity contribution in [3.8, 4) is 0 Å². The first-order valence-corrected chi connectivity index (χ1v) is 6.30. The van der Waals surface area contributed by atoms with E-state index in [9.17, 15) is 5.11 Å². The first-order valence-electron chi connectivity index (χ1n) is 5.92. The zero-order valence-electron chi connectivity index (χ0n) is 10.7. The van der Waals surface area contributed by atoms with E-state index in [0.29, 0.717) is 22.8 Å². The fourth-order valence-electron chi connectivity index (χ4n) is 1.92. The number of benzene rings is 1. The van der Waals surface area contributed by atoms with Gasteiger partial charge in [-0.05, 0) is 37.6 Å². The molecule has 1 N–H and O–H groups in total. The van der Waals surface area contributed by atoms with Crippen LogP contribution in [0, 0.1) is 0 Å². The van der Waals surface area contributed by atoms with E-state index in [0.717, 1.165) is 5.39 Å². The van der Waals surface area contributed by atoms with E-state index < -0.39 is 11.7 Å². The van der Waals surface area contributed by atoms with Gasteiger partial charge in [0.2, 0.25) is 0 Å². The van der Waals surface area contributed by atoms with Gasteiger partial charge in [0, 0.05) is 17.5 Å². The summed E-state index contributed by atoms with van der Waals surface area (Å²) >= 11 is 5.92. The number of furan rings is 1. The second kappa shape index (κ2) is 4.92. The molecule has 0 spiro atoms. The normalized spacial score (nSPS) is 16.7. The molecule has 0 saturated carbocycles. The summed E-state index contributed by atoms with van der Waals surface area (Å²) in [6.07, 6.45) is -0.124. The van der Waals surface area contributed by atoms with Gasteiger partial charge in [0.15, 0.2) is 0 Å². The van der Waals surface area contributed by atoms with Gasteiger partial charge in [-0.2, -0.15) is 0 Å². The van der Waals surface area contributed by atoms with Crippen LogP contribution in [0.2, 0.25) is 5.02 Å². The van der Waals surface area contributed by atoms with Crippen molar-refractivity contribution in [2.24, 2.45) is 0 Å². The maximum absolute atomic E-state index is 10.4. The Morgan fingerprint density at radius 2 is 2.17 bits per heavy atom. The first kappa shape index (κ1) is 13.4. The lowest BCUT2D eigenvalue weighted by Crippen LogP contribution is -2.34. The summed E-state index contributed by atoms with van der Waals surface area (Å²) in [6, 6.07) is 7.17. The lowest BCUT2D eigenvalue weighted by molar-refractivity contribution is -0.101. The van der Waals surface area contributed by atoms with Gasteiger partial charge in [-0.25, -0.2) is 0 Å². The topological polar surface area (TPSA) is 42.6 Å². The summed E-state index contributed by atoms with van der Waals surface area (Å²) in [5.74, 6) is 0.499. The Kier molecular flexibility index (Phi) is 3.66. The molecule has 18 heavy (non-hydrogen) atoms. The maximum atomic E-state index is 10.4. The second-order valence-corrected chi connectivity index (χ2v) is 5.04. The molecule has 0 aliphatic rings. The van der Waals surface area contributed by atoms with Crippen LogP contribution in [0.15, 0.2) is 28.7 Å². The van der Waals surface area contributed by atoms with E-state index in [1.165, 1.54) is 0 Å². The predicted octanol–water partition coefficient (Wildman–Crippen LogP) is 3.93. The molecule has 2 atom stereocenters. The number of hydrogen-bond donors (Lipinski definition) is 1. The highest BCUT2D eigenvalue weighted by Crippen LogP contribution is 2.35. The predicted molar refractivity (Wildman–Crippen MR) is 71.9 cm³/mol. The average Bonchev–Trinajstić information content (AvgIpc) is 2.79. The molecule has 0 aliphatic carbocycles. The average molecular weight is 269 g/mol. The molecule has 0 amide bonds. The van der Waals surface area contributed by atoms with E-state index in [1.807, 2.05) is 19.9 Å². The molecule has 0 radical (unpaired) electrons. The van der Waals surface area contributed by atoms with Crippen molar-refractivity contribution in [2.45, 2.75) is 32.0 Å². The highest BCUT2D eigenvalue weighted by molar-refractivity contribution is 6.31. The van der Waals surface area contributed by atoms with Crippen LogP contribution in [-0.4, -0.2) is 17.8 Å². The van der Waals surface area contributed by atoms with Crippen LogP contribution < -0.4 is 0 Å². The van der Waals surface area contributed by atoms with Gasteiger partial charge in [-0.1, -0.05) is 18.5 Å². The summed E-state index contributed by atoms with van der Waals surface area (Å²) in [5, 5.41) is 11.9. The molecule has 4 heteroatoms. The van der Waals surface area contributed by atoms with Crippen LogP contribution in [0.3, 0.4) is 0 Å². The molecule has 0 aliphatic heterocycles. The maximum Gasteiger partial charge on any atom is 0.140 e. The van der Waals surface area contributed by atoms with Crippen molar-refractivity contribution >= 4 is 22.6 Å². The summed E-state index contributed by atoms with van der Waals surface area (Å²) in [6.45, 7) is 3.82. The zero-order chi connectivity index (χ0) is 13.3. The Labute approximate surface area is 111 Å². The third-order valence-electron chi connectivity index (χ3n) is 3.51. The van der Waals surface area contributed by atoms with E-state index in [2.05, 4.69) is 0 Å². The minimum atomic E-state index is -0.807. The number of halogens is 1. The third kappa shape index (κ3) is 2.26. The molecule has 1 aromatic carbocycles. The van der Waals surface area contributed by atoms with Gasteiger partial charge in [0.1, 0.15) is 17.4 Å². The Balaban J connectivity index is 2.42. The number of methoxy groups -OCH3 is 1. The lowest BCUT2D eigenvalue weighted by atomic mass is 9.94. The van der Waals surface area contributed by atoms with Gasteiger partial charge in [-0.3, -0.25) is 0 Å². The van der Waals surface area contributed by atoms with Crippen molar-refractivity contribution < 1.29 is 14.3 Å². The van der Waals surface area contributed by atoms with Gasteiger partial charge < -0.3 is 14.3 Å². The van der Waals surface area contributed by atoms with E-state index in [-0.39, 0.29) is 0 Å². The fourth-order valence-corrected chi connectivity index (χ4v) is 2.10. The van der Waals surface area contributed by atoms with Crippen molar-refractivity contribution in [1.82, 2.24) is 0 Å². The van der Waals surface area contributed by atoms with Crippen LogP contribution in [0.25, 0.3) is 11.0 Å². The lowest BCUT2D eigenvalue weighted by Gasteiger charge is -2.30. The number of ether oxygens (including phenoxy) is 1. The molecule has 1 heterocycles. The van der Waals surface area contributed by atoms with Crippen LogP contribution in [-0.2, 0) is 4.74 Å². The Bertz CT molecular complexity index is 543. The first-order chi connectivity index (χ1) is 8.50. The van der Waals surface area contributed by atoms with Crippen molar-refractivity contribution in [3.63, 3.8) is 0 Å². The number of aliphatic hydroxyl groups excluding tert-OH is 1. The van der Waals surface area contributed by atoms with Gasteiger partial charge in [0.25, 0.3) is 0 Å². The standard InChI is InChI=1S/C14H17ClO3/c1-4-14(2,17-3)13(16)12-8-9-7-10(15)5-6-11(9)18-12/h5-8,13,16H,4H2,1-3H3. The van der Waals surface area contributed by atoms with Crippen LogP contribution >= 0.6 is 11.6 Å². The van der Waals surface area contributed by atoms with Gasteiger partial charge >= 0.3 is 0 Å². The number of fused-ring (bicyclic) bond motifs is 1. The van der Waals surface area contributed by atoms with Crippen LogP contribution in [0.4, 0.5) is 0 Å². The summed E-state index contributed by atoms with van der Waals surface area (Å²) < 4.78 is 11.0. The number of hydrogen-bond acceptors (Lipinski definition) is 3. The minimum Gasteiger partial charge on any atom is -0.458 e. The van der Waals surface area contributed by atoms with Crippen LogP contribution in [0.5, 0.6) is 0 Å². The molecule has 0 saturated heterocycles. The molecular formula is C14H17ClO3. The Morgan fingerprint density at radius 3 is 2.78 bits per heavy atom. The summed E-state index contributed by atoms with van der Waals surface area (Å²) in [4.78, 5) is 0. The van der Waals surface area contributed by atoms with E-state index in [4.69, 9.17) is 20.8 Å². The smallest absolute Gasteiger partial charge is 0.140 e. The molecule has 2 rings (SSSR count). The number of aliphatic hydroxyl groups is 1.